The van der Waals surface area contributed by atoms with Crippen LogP contribution in [0.5, 0.6) is 0 Å². The molecular weight excluding hydrogens is 400 g/mol. The topological polar surface area (TPSA) is 0 Å². The standard InChI is InChI=1S/C24H29BrS/c25-23-13-9-21(10-14-23)19-5-1-17(2-6-19)18-3-7-20(8-4-18)22-11-15-24(26)16-12-22/h1-8,21-24,26H,9-16H2. The zero-order chi connectivity index (χ0) is 17.9. The van der Waals surface area contributed by atoms with Crippen molar-refractivity contribution in [3.8, 4) is 11.1 Å². The summed E-state index contributed by atoms with van der Waals surface area (Å²) in [4.78, 5) is 0.736. The van der Waals surface area contributed by atoms with E-state index in [1.165, 1.54) is 73.6 Å². The first kappa shape index (κ1) is 18.6. The van der Waals surface area contributed by atoms with Crippen molar-refractivity contribution in [1.82, 2.24) is 0 Å². The fraction of sp³-hybridized carbons (Fsp3) is 0.500. The monoisotopic (exact) mass is 428 g/mol. The van der Waals surface area contributed by atoms with Gasteiger partial charge in [-0.15, -0.1) is 0 Å². The van der Waals surface area contributed by atoms with E-state index in [0.717, 1.165) is 16.7 Å². The molecule has 0 atom stereocenters. The Balaban J connectivity index is 1.42. The van der Waals surface area contributed by atoms with Crippen LogP contribution >= 0.6 is 28.6 Å². The van der Waals surface area contributed by atoms with E-state index in [1.807, 2.05) is 0 Å². The van der Waals surface area contributed by atoms with E-state index >= 15 is 0 Å². The maximum atomic E-state index is 4.63. The number of thiol groups is 1. The molecule has 0 radical (unpaired) electrons. The van der Waals surface area contributed by atoms with Gasteiger partial charge in [-0.1, -0.05) is 64.5 Å². The van der Waals surface area contributed by atoms with Crippen LogP contribution in [0.2, 0.25) is 0 Å². The smallest absolute Gasteiger partial charge is 0.0146 e. The summed E-state index contributed by atoms with van der Waals surface area (Å²) in [6.07, 6.45) is 10.3. The van der Waals surface area contributed by atoms with Crippen LogP contribution in [0.25, 0.3) is 11.1 Å². The third-order valence-corrected chi connectivity index (χ3v) is 7.88. The maximum Gasteiger partial charge on any atom is 0.0146 e. The first-order valence-corrected chi connectivity index (χ1v) is 11.6. The van der Waals surface area contributed by atoms with Crippen molar-refractivity contribution in [3.05, 3.63) is 59.7 Å². The second-order valence-corrected chi connectivity index (χ2v) is 10.2. The highest BCUT2D eigenvalue weighted by molar-refractivity contribution is 9.09. The highest BCUT2D eigenvalue weighted by Crippen LogP contribution is 2.37. The summed E-state index contributed by atoms with van der Waals surface area (Å²) in [6.45, 7) is 0. The van der Waals surface area contributed by atoms with Crippen molar-refractivity contribution < 1.29 is 0 Å². The molecule has 2 heteroatoms. The quantitative estimate of drug-likeness (QED) is 0.375. The third-order valence-electron chi connectivity index (χ3n) is 6.45. The van der Waals surface area contributed by atoms with Gasteiger partial charge in [0.15, 0.2) is 0 Å². The summed E-state index contributed by atoms with van der Waals surface area (Å²) in [6, 6.07) is 18.7. The molecule has 138 valence electrons. The normalized spacial score (nSPS) is 29.5. The van der Waals surface area contributed by atoms with Gasteiger partial charge in [-0.25, -0.2) is 0 Å². The molecule has 0 saturated heterocycles. The molecular formula is C24H29BrS. The van der Waals surface area contributed by atoms with Gasteiger partial charge in [0.25, 0.3) is 0 Å². The number of halogens is 1. The largest absolute Gasteiger partial charge is 0.176 e. The Morgan fingerprint density at radius 1 is 0.577 bits per heavy atom. The van der Waals surface area contributed by atoms with Crippen molar-refractivity contribution in [2.75, 3.05) is 0 Å². The number of hydrogen-bond donors (Lipinski definition) is 1. The van der Waals surface area contributed by atoms with E-state index in [-0.39, 0.29) is 0 Å². The average molecular weight is 429 g/mol. The summed E-state index contributed by atoms with van der Waals surface area (Å²) in [5.74, 6) is 1.49. The highest BCUT2D eigenvalue weighted by atomic mass is 79.9. The zero-order valence-corrected chi connectivity index (χ0v) is 17.9. The summed E-state index contributed by atoms with van der Waals surface area (Å²) in [5, 5.41) is 0.619. The summed E-state index contributed by atoms with van der Waals surface area (Å²) >= 11 is 8.39. The van der Waals surface area contributed by atoms with Gasteiger partial charge in [-0.3, -0.25) is 0 Å². The third kappa shape index (κ3) is 4.39. The maximum absolute atomic E-state index is 4.63. The molecule has 0 aliphatic heterocycles. The molecule has 4 rings (SSSR count). The lowest BCUT2D eigenvalue weighted by Crippen LogP contribution is -2.12. The van der Waals surface area contributed by atoms with Gasteiger partial charge in [0.1, 0.15) is 0 Å². The molecule has 0 unspecified atom stereocenters. The molecule has 0 amide bonds. The van der Waals surface area contributed by atoms with E-state index in [9.17, 15) is 0 Å². The van der Waals surface area contributed by atoms with Gasteiger partial charge in [0.2, 0.25) is 0 Å². The zero-order valence-electron chi connectivity index (χ0n) is 15.4. The van der Waals surface area contributed by atoms with Crippen LogP contribution in [0.15, 0.2) is 48.5 Å². The molecule has 2 saturated carbocycles. The molecule has 0 bridgehead atoms. The van der Waals surface area contributed by atoms with Crippen molar-refractivity contribution >= 4 is 28.6 Å². The molecule has 2 aliphatic rings. The number of alkyl halides is 1. The van der Waals surface area contributed by atoms with Gasteiger partial charge >= 0.3 is 0 Å². The van der Waals surface area contributed by atoms with Gasteiger partial charge in [-0.05, 0) is 85.5 Å². The van der Waals surface area contributed by atoms with Gasteiger partial charge in [0.05, 0.1) is 0 Å². The predicted octanol–water partition coefficient (Wildman–Crippen LogP) is 7.73. The second-order valence-electron chi connectivity index (χ2n) is 8.20. The summed E-state index contributed by atoms with van der Waals surface area (Å²) in [5.41, 5.74) is 5.71. The fourth-order valence-corrected chi connectivity index (χ4v) is 5.52. The Bertz CT molecular complexity index is 626. The first-order chi connectivity index (χ1) is 12.7. The minimum absolute atomic E-state index is 0.619. The van der Waals surface area contributed by atoms with Crippen molar-refractivity contribution in [2.45, 2.75) is 73.3 Å². The molecule has 0 N–H and O–H groups in total. The lowest BCUT2D eigenvalue weighted by atomic mass is 9.83. The van der Waals surface area contributed by atoms with Crippen molar-refractivity contribution in [1.29, 1.82) is 0 Å². The van der Waals surface area contributed by atoms with Gasteiger partial charge in [-0.2, -0.15) is 12.6 Å². The molecule has 0 nitrogen and oxygen atoms in total. The van der Waals surface area contributed by atoms with E-state index in [2.05, 4.69) is 77.1 Å². The van der Waals surface area contributed by atoms with Crippen LogP contribution < -0.4 is 0 Å². The summed E-state index contributed by atoms with van der Waals surface area (Å²) < 4.78 is 0. The second kappa shape index (κ2) is 8.52. The molecule has 2 aromatic carbocycles. The van der Waals surface area contributed by atoms with E-state index in [4.69, 9.17) is 0 Å². The van der Waals surface area contributed by atoms with Crippen molar-refractivity contribution in [2.24, 2.45) is 0 Å². The first-order valence-electron chi connectivity index (χ1n) is 10.2. The molecule has 26 heavy (non-hydrogen) atoms. The Hall–Kier alpha value is -0.730. The molecule has 2 fully saturated rings. The SMILES string of the molecule is SC1CCC(c2ccc(-c3ccc(C4CCC(Br)CC4)cc3)cc2)CC1. The molecule has 0 heterocycles. The van der Waals surface area contributed by atoms with Crippen LogP contribution in [0.3, 0.4) is 0 Å². The van der Waals surface area contributed by atoms with Crippen molar-refractivity contribution in [3.63, 3.8) is 0 Å². The van der Waals surface area contributed by atoms with Crippen LogP contribution in [0.4, 0.5) is 0 Å². The van der Waals surface area contributed by atoms with E-state index < -0.39 is 0 Å². The van der Waals surface area contributed by atoms with Gasteiger partial charge < -0.3 is 0 Å². The average Bonchev–Trinajstić information content (AvgIpc) is 2.70. The van der Waals surface area contributed by atoms with Crippen LogP contribution in [-0.2, 0) is 0 Å². The highest BCUT2D eigenvalue weighted by Gasteiger charge is 2.21. The Morgan fingerprint density at radius 2 is 0.962 bits per heavy atom. The Labute approximate surface area is 172 Å². The summed E-state index contributed by atoms with van der Waals surface area (Å²) in [7, 11) is 0. The molecule has 0 spiro atoms. The van der Waals surface area contributed by atoms with Gasteiger partial charge in [0, 0.05) is 10.1 Å². The minimum atomic E-state index is 0.619. The Morgan fingerprint density at radius 3 is 1.38 bits per heavy atom. The van der Waals surface area contributed by atoms with E-state index in [1.54, 1.807) is 0 Å². The number of hydrogen-bond acceptors (Lipinski definition) is 1. The predicted molar refractivity (Wildman–Crippen MR) is 120 cm³/mol. The number of rotatable bonds is 3. The lowest BCUT2D eigenvalue weighted by Gasteiger charge is -2.26. The molecule has 2 aromatic rings. The fourth-order valence-electron chi connectivity index (χ4n) is 4.69. The number of benzene rings is 2. The Kier molecular flexibility index (Phi) is 6.10. The lowest BCUT2D eigenvalue weighted by molar-refractivity contribution is 0.455. The van der Waals surface area contributed by atoms with Crippen LogP contribution in [0, 0.1) is 0 Å². The van der Waals surface area contributed by atoms with Crippen LogP contribution in [-0.4, -0.2) is 10.1 Å². The molecule has 2 aliphatic carbocycles. The molecule has 0 aromatic heterocycles. The van der Waals surface area contributed by atoms with E-state index in [0.29, 0.717) is 5.25 Å². The van der Waals surface area contributed by atoms with Crippen LogP contribution in [0.1, 0.15) is 74.3 Å². The minimum Gasteiger partial charge on any atom is -0.176 e.